The molecule has 0 saturated heterocycles. The van der Waals surface area contributed by atoms with Gasteiger partial charge < -0.3 is 4.74 Å². The number of rotatable bonds is 2. The maximum Gasteiger partial charge on any atom is 0.309 e. The number of hydroxylamine groups is 1. The third-order valence-electron chi connectivity index (χ3n) is 1.35. The van der Waals surface area contributed by atoms with Gasteiger partial charge in [-0.2, -0.15) is 0 Å². The highest BCUT2D eigenvalue weighted by Gasteiger charge is 2.12. The summed E-state index contributed by atoms with van der Waals surface area (Å²) in [6, 6.07) is 0. The van der Waals surface area contributed by atoms with E-state index in [2.05, 4.69) is 10.3 Å². The SMILES string of the molecule is CONC(=O)C1=CCCCO1. The molecule has 0 aromatic heterocycles. The number of allylic oxidation sites excluding steroid dienone is 1. The molecule has 0 unspecified atom stereocenters. The number of carbonyl (C=O) groups is 1. The van der Waals surface area contributed by atoms with Crippen molar-refractivity contribution in [3.63, 3.8) is 0 Å². The van der Waals surface area contributed by atoms with E-state index < -0.39 is 0 Å². The van der Waals surface area contributed by atoms with E-state index in [1.807, 2.05) is 0 Å². The molecule has 0 aliphatic carbocycles. The third-order valence-corrected chi connectivity index (χ3v) is 1.35. The minimum Gasteiger partial charge on any atom is -0.488 e. The van der Waals surface area contributed by atoms with Crippen molar-refractivity contribution in [2.75, 3.05) is 13.7 Å². The Balaban J connectivity index is 2.44. The predicted molar refractivity (Wildman–Crippen MR) is 38.4 cm³/mol. The first kappa shape index (κ1) is 8.07. The van der Waals surface area contributed by atoms with Crippen molar-refractivity contribution in [1.82, 2.24) is 5.48 Å². The summed E-state index contributed by atoms with van der Waals surface area (Å²) in [5.74, 6) is 0.0466. The number of hydrogen-bond acceptors (Lipinski definition) is 3. The van der Waals surface area contributed by atoms with Crippen LogP contribution < -0.4 is 5.48 Å². The van der Waals surface area contributed by atoms with Gasteiger partial charge in [-0.25, -0.2) is 5.48 Å². The molecule has 0 spiro atoms. The van der Waals surface area contributed by atoms with Gasteiger partial charge >= 0.3 is 5.91 Å². The lowest BCUT2D eigenvalue weighted by molar-refractivity contribution is -0.131. The van der Waals surface area contributed by atoms with Gasteiger partial charge in [0.05, 0.1) is 13.7 Å². The summed E-state index contributed by atoms with van der Waals surface area (Å²) in [6.07, 6.45) is 3.63. The van der Waals surface area contributed by atoms with Crippen LogP contribution in [0.1, 0.15) is 12.8 Å². The zero-order valence-corrected chi connectivity index (χ0v) is 6.42. The second-order valence-electron chi connectivity index (χ2n) is 2.19. The van der Waals surface area contributed by atoms with Crippen LogP contribution in [0.2, 0.25) is 0 Å². The average molecular weight is 157 g/mol. The van der Waals surface area contributed by atoms with Crippen LogP contribution >= 0.6 is 0 Å². The van der Waals surface area contributed by atoms with E-state index in [1.54, 1.807) is 6.08 Å². The van der Waals surface area contributed by atoms with Gasteiger partial charge in [0.25, 0.3) is 0 Å². The summed E-state index contributed by atoms with van der Waals surface area (Å²) in [4.78, 5) is 15.4. The van der Waals surface area contributed by atoms with Crippen molar-refractivity contribution in [2.24, 2.45) is 0 Å². The van der Waals surface area contributed by atoms with Gasteiger partial charge in [-0.1, -0.05) is 0 Å². The molecule has 0 radical (unpaired) electrons. The zero-order valence-electron chi connectivity index (χ0n) is 6.42. The monoisotopic (exact) mass is 157 g/mol. The molecule has 11 heavy (non-hydrogen) atoms. The molecule has 0 fully saturated rings. The fraction of sp³-hybridized carbons (Fsp3) is 0.571. The Labute approximate surface area is 65.1 Å². The molecule has 1 N–H and O–H groups in total. The molecule has 0 bridgehead atoms. The highest BCUT2D eigenvalue weighted by molar-refractivity contribution is 5.90. The normalized spacial score (nSPS) is 16.6. The van der Waals surface area contributed by atoms with E-state index in [1.165, 1.54) is 7.11 Å². The standard InChI is InChI=1S/C7H11NO3/c1-10-8-7(9)6-4-2-3-5-11-6/h4H,2-3,5H2,1H3,(H,8,9). The number of carbonyl (C=O) groups excluding carboxylic acids is 1. The van der Waals surface area contributed by atoms with Crippen molar-refractivity contribution in [1.29, 1.82) is 0 Å². The van der Waals surface area contributed by atoms with Crippen LogP contribution in [0.3, 0.4) is 0 Å². The Morgan fingerprint density at radius 2 is 2.64 bits per heavy atom. The number of amides is 1. The van der Waals surface area contributed by atoms with Gasteiger partial charge in [-0.3, -0.25) is 9.63 Å². The smallest absolute Gasteiger partial charge is 0.309 e. The third kappa shape index (κ3) is 2.23. The van der Waals surface area contributed by atoms with Crippen LogP contribution in [0.15, 0.2) is 11.8 Å². The van der Waals surface area contributed by atoms with E-state index in [4.69, 9.17) is 4.74 Å². The molecule has 0 aromatic carbocycles. The first-order valence-electron chi connectivity index (χ1n) is 3.51. The Morgan fingerprint density at radius 1 is 1.82 bits per heavy atom. The summed E-state index contributed by atoms with van der Waals surface area (Å²) in [7, 11) is 1.39. The van der Waals surface area contributed by atoms with Crippen LogP contribution in [0.4, 0.5) is 0 Å². The van der Waals surface area contributed by atoms with Crippen molar-refractivity contribution in [3.05, 3.63) is 11.8 Å². The molecule has 62 valence electrons. The quantitative estimate of drug-likeness (QED) is 0.589. The number of hydrogen-bond donors (Lipinski definition) is 1. The molecular weight excluding hydrogens is 146 g/mol. The lowest BCUT2D eigenvalue weighted by Gasteiger charge is -2.13. The molecule has 1 heterocycles. The van der Waals surface area contributed by atoms with E-state index in [-0.39, 0.29) is 5.91 Å². The highest BCUT2D eigenvalue weighted by atomic mass is 16.6. The first-order valence-corrected chi connectivity index (χ1v) is 3.51. The second-order valence-corrected chi connectivity index (χ2v) is 2.19. The summed E-state index contributed by atoms with van der Waals surface area (Å²) >= 11 is 0. The topological polar surface area (TPSA) is 47.6 Å². The molecule has 1 aliphatic heterocycles. The van der Waals surface area contributed by atoms with Crippen LogP contribution in [-0.2, 0) is 14.4 Å². The minimum absolute atomic E-state index is 0.313. The van der Waals surface area contributed by atoms with Crippen LogP contribution in [-0.4, -0.2) is 19.6 Å². The van der Waals surface area contributed by atoms with Gasteiger partial charge in [-0.05, 0) is 18.9 Å². The maximum absolute atomic E-state index is 11.0. The zero-order chi connectivity index (χ0) is 8.10. The van der Waals surface area contributed by atoms with Gasteiger partial charge in [0, 0.05) is 0 Å². The second kappa shape index (κ2) is 3.98. The van der Waals surface area contributed by atoms with Gasteiger partial charge in [-0.15, -0.1) is 0 Å². The van der Waals surface area contributed by atoms with Crippen molar-refractivity contribution < 1.29 is 14.4 Å². The molecule has 1 aliphatic rings. The van der Waals surface area contributed by atoms with Crippen LogP contribution in [0.5, 0.6) is 0 Å². The van der Waals surface area contributed by atoms with Crippen LogP contribution in [0, 0.1) is 0 Å². The molecule has 4 nitrogen and oxygen atoms in total. The molecule has 1 amide bonds. The largest absolute Gasteiger partial charge is 0.488 e. The highest BCUT2D eigenvalue weighted by Crippen LogP contribution is 2.09. The summed E-state index contributed by atoms with van der Waals surface area (Å²) < 4.78 is 5.06. The fourth-order valence-corrected chi connectivity index (χ4v) is 0.859. The lowest BCUT2D eigenvalue weighted by atomic mass is 10.2. The average Bonchev–Trinajstić information content (AvgIpc) is 2.07. The Morgan fingerprint density at radius 3 is 3.18 bits per heavy atom. The van der Waals surface area contributed by atoms with Gasteiger partial charge in [0.15, 0.2) is 5.76 Å². The minimum atomic E-state index is -0.313. The van der Waals surface area contributed by atoms with Gasteiger partial charge in [0.2, 0.25) is 0 Å². The fourth-order valence-electron chi connectivity index (χ4n) is 0.859. The van der Waals surface area contributed by atoms with E-state index in [9.17, 15) is 4.79 Å². The Hall–Kier alpha value is -1.03. The number of nitrogens with one attached hydrogen (secondary N) is 1. The van der Waals surface area contributed by atoms with Gasteiger partial charge in [0.1, 0.15) is 0 Å². The van der Waals surface area contributed by atoms with Crippen molar-refractivity contribution >= 4 is 5.91 Å². The van der Waals surface area contributed by atoms with E-state index in [0.29, 0.717) is 12.4 Å². The van der Waals surface area contributed by atoms with E-state index >= 15 is 0 Å². The van der Waals surface area contributed by atoms with E-state index in [0.717, 1.165) is 12.8 Å². The number of ether oxygens (including phenoxy) is 1. The molecular formula is C7H11NO3. The predicted octanol–water partition coefficient (Wildman–Crippen LogP) is 0.358. The molecule has 0 aromatic rings. The first-order chi connectivity index (χ1) is 5.34. The van der Waals surface area contributed by atoms with Crippen molar-refractivity contribution in [2.45, 2.75) is 12.8 Å². The molecule has 1 rings (SSSR count). The summed E-state index contributed by atoms with van der Waals surface area (Å²) in [5.41, 5.74) is 2.18. The van der Waals surface area contributed by atoms with Crippen molar-refractivity contribution in [3.8, 4) is 0 Å². The molecule has 0 atom stereocenters. The molecule has 0 saturated carbocycles. The van der Waals surface area contributed by atoms with Crippen LogP contribution in [0.25, 0.3) is 0 Å². The maximum atomic E-state index is 11.0. The Bertz CT molecular complexity index is 177. The Kier molecular flexibility index (Phi) is 2.92. The molecule has 4 heteroatoms. The summed E-state index contributed by atoms with van der Waals surface area (Å²) in [5, 5.41) is 0. The lowest BCUT2D eigenvalue weighted by Crippen LogP contribution is -2.26. The summed E-state index contributed by atoms with van der Waals surface area (Å²) in [6.45, 7) is 0.614.